The van der Waals surface area contributed by atoms with Gasteiger partial charge in [-0.1, -0.05) is 0 Å². The smallest absolute Gasteiger partial charge is 0.387 e. The second-order valence-electron chi connectivity index (χ2n) is 1.73. The van der Waals surface area contributed by atoms with Crippen LogP contribution in [-0.2, 0) is 14.3 Å². The van der Waals surface area contributed by atoms with E-state index in [2.05, 4.69) is 19.8 Å². The molecule has 0 saturated carbocycles. The fourth-order valence-corrected chi connectivity index (χ4v) is 0.438. The predicted molar refractivity (Wildman–Crippen MR) is 44.7 cm³/mol. The van der Waals surface area contributed by atoms with E-state index in [9.17, 15) is 4.79 Å². The highest BCUT2D eigenvalue weighted by molar-refractivity contribution is 5.87. The monoisotopic (exact) mass is 172 g/mol. The molecule has 1 N–H and O–H groups in total. The summed E-state index contributed by atoms with van der Waals surface area (Å²) in [4.78, 5) is 14.3. The Labute approximate surface area is 71.1 Å². The molecule has 0 fully saturated rings. The SMILES string of the molecule is CNC(=O)/C=C\N=C(OC)OC. The maximum Gasteiger partial charge on any atom is 0.387 e. The molecule has 5 heteroatoms. The first-order valence-electron chi connectivity index (χ1n) is 3.28. The fourth-order valence-electron chi connectivity index (χ4n) is 0.438. The number of methoxy groups -OCH3 is 2. The van der Waals surface area contributed by atoms with Gasteiger partial charge in [-0.15, -0.1) is 0 Å². The maximum atomic E-state index is 10.6. The number of amides is 1. The van der Waals surface area contributed by atoms with Gasteiger partial charge < -0.3 is 14.8 Å². The molecule has 0 bridgehead atoms. The molecule has 0 saturated heterocycles. The highest BCUT2D eigenvalue weighted by atomic mass is 16.7. The number of hydrogen-bond acceptors (Lipinski definition) is 4. The van der Waals surface area contributed by atoms with E-state index in [-0.39, 0.29) is 12.0 Å². The average molecular weight is 172 g/mol. The van der Waals surface area contributed by atoms with Crippen molar-refractivity contribution in [2.24, 2.45) is 4.99 Å². The molecule has 0 aromatic carbocycles. The van der Waals surface area contributed by atoms with Gasteiger partial charge in [0.05, 0.1) is 14.2 Å². The zero-order chi connectivity index (χ0) is 9.40. The Morgan fingerprint density at radius 2 is 2.00 bits per heavy atom. The van der Waals surface area contributed by atoms with Crippen LogP contribution in [-0.4, -0.2) is 33.3 Å². The molecule has 0 aromatic heterocycles. The Bertz CT molecular complexity index is 193. The Morgan fingerprint density at radius 3 is 2.42 bits per heavy atom. The summed E-state index contributed by atoms with van der Waals surface area (Å²) in [5.41, 5.74) is 0. The molecule has 1 amide bonds. The molecule has 0 rings (SSSR count). The highest BCUT2D eigenvalue weighted by Crippen LogP contribution is 1.83. The van der Waals surface area contributed by atoms with Gasteiger partial charge in [0, 0.05) is 19.3 Å². The number of nitrogens with one attached hydrogen (secondary N) is 1. The van der Waals surface area contributed by atoms with E-state index in [1.807, 2.05) is 0 Å². The van der Waals surface area contributed by atoms with Crippen LogP contribution in [0.15, 0.2) is 17.3 Å². The van der Waals surface area contributed by atoms with E-state index < -0.39 is 0 Å². The van der Waals surface area contributed by atoms with Crippen LogP contribution in [0.5, 0.6) is 0 Å². The molecule has 0 radical (unpaired) electrons. The van der Waals surface area contributed by atoms with Crippen LogP contribution in [0.2, 0.25) is 0 Å². The lowest BCUT2D eigenvalue weighted by atomic mass is 10.6. The summed E-state index contributed by atoms with van der Waals surface area (Å²) in [5, 5.41) is 2.40. The first-order chi connectivity index (χ1) is 5.74. The number of ether oxygens (including phenoxy) is 2. The number of nitrogens with zero attached hydrogens (tertiary/aromatic N) is 1. The lowest BCUT2D eigenvalue weighted by Gasteiger charge is -1.98. The second kappa shape index (κ2) is 6.21. The van der Waals surface area contributed by atoms with Crippen LogP contribution in [0, 0.1) is 0 Å². The van der Waals surface area contributed by atoms with Crippen LogP contribution in [0.4, 0.5) is 0 Å². The minimum Gasteiger partial charge on any atom is -0.454 e. The lowest BCUT2D eigenvalue weighted by Crippen LogP contribution is -2.14. The van der Waals surface area contributed by atoms with Gasteiger partial charge in [-0.3, -0.25) is 4.79 Å². The van der Waals surface area contributed by atoms with Crippen molar-refractivity contribution in [3.8, 4) is 0 Å². The van der Waals surface area contributed by atoms with E-state index in [1.54, 1.807) is 0 Å². The van der Waals surface area contributed by atoms with Gasteiger partial charge >= 0.3 is 6.08 Å². The minimum atomic E-state index is -0.231. The molecule has 0 unspecified atom stereocenters. The summed E-state index contributed by atoms with van der Waals surface area (Å²) in [6.45, 7) is 0. The van der Waals surface area contributed by atoms with Gasteiger partial charge in [-0.05, 0) is 0 Å². The van der Waals surface area contributed by atoms with Crippen molar-refractivity contribution in [1.82, 2.24) is 5.32 Å². The van der Waals surface area contributed by atoms with E-state index in [0.717, 1.165) is 0 Å². The summed E-state index contributed by atoms with van der Waals surface area (Å²) < 4.78 is 9.32. The van der Waals surface area contributed by atoms with E-state index >= 15 is 0 Å². The third-order valence-electron chi connectivity index (χ3n) is 1.00. The van der Waals surface area contributed by atoms with Crippen molar-refractivity contribution >= 4 is 12.0 Å². The number of aliphatic imine (C=N–C) groups is 1. The molecule has 0 aromatic rings. The van der Waals surface area contributed by atoms with Crippen molar-refractivity contribution < 1.29 is 14.3 Å². The summed E-state index contributed by atoms with van der Waals surface area (Å²) in [5.74, 6) is -0.231. The largest absolute Gasteiger partial charge is 0.454 e. The molecule has 5 nitrogen and oxygen atoms in total. The molecule has 0 spiro atoms. The maximum absolute atomic E-state index is 10.6. The molecule has 68 valence electrons. The Morgan fingerprint density at radius 1 is 1.42 bits per heavy atom. The summed E-state index contributed by atoms with van der Waals surface area (Å²) >= 11 is 0. The number of carbonyl (C=O) groups excluding carboxylic acids is 1. The number of rotatable bonds is 2. The fraction of sp³-hybridized carbons (Fsp3) is 0.429. The molecular formula is C7H12N2O3. The van der Waals surface area contributed by atoms with Crippen molar-refractivity contribution in [1.29, 1.82) is 0 Å². The molecule has 0 heterocycles. The topological polar surface area (TPSA) is 59.9 Å². The highest BCUT2D eigenvalue weighted by Gasteiger charge is 1.91. The normalized spacial score (nSPS) is 9.25. The van der Waals surface area contributed by atoms with Gasteiger partial charge in [0.25, 0.3) is 0 Å². The van der Waals surface area contributed by atoms with Crippen LogP contribution in [0.3, 0.4) is 0 Å². The van der Waals surface area contributed by atoms with Gasteiger partial charge in [0.1, 0.15) is 0 Å². The van der Waals surface area contributed by atoms with E-state index in [4.69, 9.17) is 0 Å². The first-order valence-corrected chi connectivity index (χ1v) is 3.28. The molecule has 0 aliphatic rings. The summed E-state index contributed by atoms with van der Waals surface area (Å²) in [6.07, 6.45) is 2.66. The lowest BCUT2D eigenvalue weighted by molar-refractivity contribution is -0.116. The zero-order valence-corrected chi connectivity index (χ0v) is 7.33. The van der Waals surface area contributed by atoms with Crippen molar-refractivity contribution in [2.75, 3.05) is 21.3 Å². The van der Waals surface area contributed by atoms with Crippen LogP contribution in [0.1, 0.15) is 0 Å². The van der Waals surface area contributed by atoms with Gasteiger partial charge in [0.2, 0.25) is 5.91 Å². The third-order valence-corrected chi connectivity index (χ3v) is 1.00. The standard InChI is InChI=1S/C7H12N2O3/c1-8-6(10)4-5-9-7(11-2)12-3/h4-5H,1-3H3,(H,8,10)/b5-4-. The predicted octanol–water partition coefficient (Wildman–Crippen LogP) is -0.105. The van der Waals surface area contributed by atoms with Crippen LogP contribution in [0.25, 0.3) is 0 Å². The molecule has 12 heavy (non-hydrogen) atoms. The third kappa shape index (κ3) is 4.32. The van der Waals surface area contributed by atoms with E-state index in [0.29, 0.717) is 0 Å². The number of hydrogen-bond donors (Lipinski definition) is 1. The Balaban J connectivity index is 4.00. The number of likely N-dealkylation sites (N-methyl/N-ethyl adjacent to an activating group) is 1. The molecule has 0 aliphatic carbocycles. The first kappa shape index (κ1) is 10.5. The van der Waals surface area contributed by atoms with E-state index in [1.165, 1.54) is 33.5 Å². The molecule has 0 aliphatic heterocycles. The van der Waals surface area contributed by atoms with Crippen molar-refractivity contribution in [3.05, 3.63) is 12.3 Å². The quantitative estimate of drug-likeness (QED) is 0.359. The molecule has 0 atom stereocenters. The molecular weight excluding hydrogens is 160 g/mol. The number of carbonyl (C=O) groups is 1. The zero-order valence-electron chi connectivity index (χ0n) is 7.33. The summed E-state index contributed by atoms with van der Waals surface area (Å²) in [7, 11) is 4.38. The summed E-state index contributed by atoms with van der Waals surface area (Å²) in [6, 6.07) is 0. The second-order valence-corrected chi connectivity index (χ2v) is 1.73. The Kier molecular flexibility index (Phi) is 5.42. The minimum absolute atomic E-state index is 0.107. The van der Waals surface area contributed by atoms with Gasteiger partial charge in [-0.2, -0.15) is 4.99 Å². The van der Waals surface area contributed by atoms with Crippen molar-refractivity contribution in [3.63, 3.8) is 0 Å². The van der Waals surface area contributed by atoms with Crippen LogP contribution >= 0.6 is 0 Å². The van der Waals surface area contributed by atoms with Gasteiger partial charge in [-0.25, -0.2) is 0 Å². The van der Waals surface area contributed by atoms with Gasteiger partial charge in [0.15, 0.2) is 0 Å². The van der Waals surface area contributed by atoms with Crippen LogP contribution < -0.4 is 5.32 Å². The average Bonchev–Trinajstić information content (AvgIpc) is 2.12. The van der Waals surface area contributed by atoms with Crippen molar-refractivity contribution in [2.45, 2.75) is 0 Å². The Hall–Kier alpha value is -1.52.